The fourth-order valence-electron chi connectivity index (χ4n) is 2.44. The van der Waals surface area contributed by atoms with E-state index in [9.17, 15) is 4.79 Å². The first kappa shape index (κ1) is 17.4. The number of amides is 1. The predicted octanol–water partition coefficient (Wildman–Crippen LogP) is 2.21. The van der Waals surface area contributed by atoms with Crippen LogP contribution in [0, 0.1) is 0 Å². The average Bonchev–Trinajstić information content (AvgIpc) is 3.14. The largest absolute Gasteiger partial charge is 0.493 e. The molecule has 0 fully saturated rings. The predicted molar refractivity (Wildman–Crippen MR) is 93.7 cm³/mol. The molecule has 0 saturated carbocycles. The van der Waals surface area contributed by atoms with Crippen molar-refractivity contribution >= 4 is 12.1 Å². The number of fused-ring (bicyclic) bond motifs is 1. The van der Waals surface area contributed by atoms with E-state index in [0.717, 1.165) is 5.56 Å². The van der Waals surface area contributed by atoms with Crippen LogP contribution < -0.4 is 29.1 Å². The molecule has 1 N–H and O–H groups in total. The lowest BCUT2D eigenvalue weighted by Crippen LogP contribution is -2.18. The van der Waals surface area contributed by atoms with Crippen molar-refractivity contribution in [3.05, 3.63) is 41.5 Å². The molecule has 1 amide bonds. The molecule has 0 atom stereocenters. The fourth-order valence-corrected chi connectivity index (χ4v) is 2.44. The van der Waals surface area contributed by atoms with Crippen molar-refractivity contribution in [1.29, 1.82) is 0 Å². The molecule has 2 aromatic carbocycles. The van der Waals surface area contributed by atoms with Crippen LogP contribution in [0.15, 0.2) is 35.4 Å². The monoisotopic (exact) mass is 358 g/mol. The number of ether oxygens (including phenoxy) is 5. The maximum absolute atomic E-state index is 12.3. The van der Waals surface area contributed by atoms with Gasteiger partial charge in [0, 0.05) is 5.56 Å². The first-order valence-corrected chi connectivity index (χ1v) is 7.69. The highest BCUT2D eigenvalue weighted by Crippen LogP contribution is 2.38. The van der Waals surface area contributed by atoms with Crippen LogP contribution >= 0.6 is 0 Å². The number of hydrazone groups is 1. The molecule has 0 unspecified atom stereocenters. The second-order valence-electron chi connectivity index (χ2n) is 5.23. The van der Waals surface area contributed by atoms with Crippen molar-refractivity contribution in [2.24, 2.45) is 5.10 Å². The average molecular weight is 358 g/mol. The summed E-state index contributed by atoms with van der Waals surface area (Å²) >= 11 is 0. The van der Waals surface area contributed by atoms with Gasteiger partial charge in [-0.25, -0.2) is 5.43 Å². The van der Waals surface area contributed by atoms with E-state index in [1.165, 1.54) is 27.5 Å². The van der Waals surface area contributed by atoms with Gasteiger partial charge in [0.1, 0.15) is 0 Å². The minimum absolute atomic E-state index is 0.202. The smallest absolute Gasteiger partial charge is 0.271 e. The van der Waals surface area contributed by atoms with E-state index in [-0.39, 0.29) is 6.79 Å². The molecule has 2 aromatic rings. The highest BCUT2D eigenvalue weighted by molar-refractivity contribution is 5.96. The Balaban J connectivity index is 1.73. The van der Waals surface area contributed by atoms with Gasteiger partial charge < -0.3 is 23.7 Å². The molecular weight excluding hydrogens is 340 g/mol. The van der Waals surface area contributed by atoms with Gasteiger partial charge in [0.2, 0.25) is 12.5 Å². The minimum atomic E-state index is -0.416. The third-order valence-corrected chi connectivity index (χ3v) is 3.70. The van der Waals surface area contributed by atoms with Gasteiger partial charge in [0.05, 0.1) is 27.5 Å². The van der Waals surface area contributed by atoms with Crippen LogP contribution in [0.4, 0.5) is 0 Å². The number of rotatable bonds is 6. The molecule has 8 nitrogen and oxygen atoms in total. The zero-order chi connectivity index (χ0) is 18.5. The normalized spacial score (nSPS) is 12.1. The SMILES string of the molecule is COc1cc(C(=O)NN=Cc2ccc3c(c2)OCO3)cc(OC)c1OC. The van der Waals surface area contributed by atoms with Crippen LogP contribution in [0.2, 0.25) is 0 Å². The highest BCUT2D eigenvalue weighted by Gasteiger charge is 2.17. The summed E-state index contributed by atoms with van der Waals surface area (Å²) in [7, 11) is 4.46. The van der Waals surface area contributed by atoms with Gasteiger partial charge in [0.25, 0.3) is 5.91 Å². The Bertz CT molecular complexity index is 825. The number of carbonyl (C=O) groups excluding carboxylic acids is 1. The molecule has 0 aliphatic carbocycles. The lowest BCUT2D eigenvalue weighted by molar-refractivity contribution is 0.0954. The van der Waals surface area contributed by atoms with E-state index >= 15 is 0 Å². The van der Waals surface area contributed by atoms with Gasteiger partial charge in [0.15, 0.2) is 23.0 Å². The van der Waals surface area contributed by atoms with Crippen LogP contribution in [0.5, 0.6) is 28.7 Å². The number of benzene rings is 2. The number of carbonyl (C=O) groups is 1. The molecule has 26 heavy (non-hydrogen) atoms. The highest BCUT2D eigenvalue weighted by atomic mass is 16.7. The third kappa shape index (κ3) is 3.49. The molecule has 1 heterocycles. The van der Waals surface area contributed by atoms with Crippen molar-refractivity contribution in [2.75, 3.05) is 28.1 Å². The van der Waals surface area contributed by atoms with E-state index in [1.54, 1.807) is 24.3 Å². The van der Waals surface area contributed by atoms with Crippen molar-refractivity contribution in [3.63, 3.8) is 0 Å². The lowest BCUT2D eigenvalue weighted by atomic mass is 10.1. The first-order chi connectivity index (χ1) is 12.7. The standard InChI is InChI=1S/C18H18N2O6/c1-22-15-7-12(8-16(23-2)17(15)24-3)18(21)20-19-9-11-4-5-13-14(6-11)26-10-25-13/h4-9H,10H2,1-3H3,(H,20,21). The lowest BCUT2D eigenvalue weighted by Gasteiger charge is -2.13. The summed E-state index contributed by atoms with van der Waals surface area (Å²) in [6.07, 6.45) is 1.51. The molecule has 0 saturated heterocycles. The van der Waals surface area contributed by atoms with Crippen LogP contribution in [0.3, 0.4) is 0 Å². The van der Waals surface area contributed by atoms with Gasteiger partial charge in [-0.15, -0.1) is 0 Å². The molecule has 136 valence electrons. The topological polar surface area (TPSA) is 87.6 Å². The quantitative estimate of drug-likeness (QED) is 0.629. The van der Waals surface area contributed by atoms with Gasteiger partial charge >= 0.3 is 0 Å². The van der Waals surface area contributed by atoms with Gasteiger partial charge in [-0.2, -0.15) is 5.10 Å². The summed E-state index contributed by atoms with van der Waals surface area (Å²) in [6, 6.07) is 8.46. The Morgan fingerprint density at radius 1 is 1.04 bits per heavy atom. The molecule has 0 radical (unpaired) electrons. The first-order valence-electron chi connectivity index (χ1n) is 7.69. The molecule has 0 bridgehead atoms. The maximum atomic E-state index is 12.3. The molecule has 1 aliphatic heterocycles. The zero-order valence-corrected chi connectivity index (χ0v) is 14.6. The molecule has 0 aromatic heterocycles. The number of methoxy groups -OCH3 is 3. The summed E-state index contributed by atoms with van der Waals surface area (Å²) in [5, 5.41) is 3.96. The minimum Gasteiger partial charge on any atom is -0.493 e. The number of hydrogen-bond acceptors (Lipinski definition) is 7. The summed E-state index contributed by atoms with van der Waals surface area (Å²) in [5.41, 5.74) is 3.55. The zero-order valence-electron chi connectivity index (χ0n) is 14.6. The molecule has 1 aliphatic rings. The third-order valence-electron chi connectivity index (χ3n) is 3.70. The van der Waals surface area contributed by atoms with Crippen molar-refractivity contribution in [3.8, 4) is 28.7 Å². The summed E-state index contributed by atoms with van der Waals surface area (Å²) in [4.78, 5) is 12.3. The summed E-state index contributed by atoms with van der Waals surface area (Å²) < 4.78 is 26.3. The molecule has 3 rings (SSSR count). The van der Waals surface area contributed by atoms with E-state index in [2.05, 4.69) is 10.5 Å². The van der Waals surface area contributed by atoms with E-state index in [0.29, 0.717) is 34.3 Å². The number of nitrogens with one attached hydrogen (secondary N) is 1. The molecular formula is C18H18N2O6. The Kier molecular flexibility index (Phi) is 5.12. The summed E-state index contributed by atoms with van der Waals surface area (Å²) in [6.45, 7) is 0.202. The summed E-state index contributed by atoms with van der Waals surface area (Å²) in [5.74, 6) is 2.10. The molecule has 8 heteroatoms. The van der Waals surface area contributed by atoms with Crippen LogP contribution in [-0.2, 0) is 0 Å². The van der Waals surface area contributed by atoms with Gasteiger partial charge in [-0.1, -0.05) is 0 Å². The van der Waals surface area contributed by atoms with E-state index in [4.69, 9.17) is 23.7 Å². The van der Waals surface area contributed by atoms with Crippen molar-refractivity contribution in [1.82, 2.24) is 5.43 Å². The number of hydrogen-bond donors (Lipinski definition) is 1. The van der Waals surface area contributed by atoms with Gasteiger partial charge in [-0.05, 0) is 35.9 Å². The van der Waals surface area contributed by atoms with E-state index in [1.807, 2.05) is 6.07 Å². The fraction of sp³-hybridized carbons (Fsp3) is 0.222. The van der Waals surface area contributed by atoms with Crippen LogP contribution in [0.1, 0.15) is 15.9 Å². The van der Waals surface area contributed by atoms with Crippen LogP contribution in [0.25, 0.3) is 0 Å². The van der Waals surface area contributed by atoms with Crippen molar-refractivity contribution < 1.29 is 28.5 Å². The second-order valence-corrected chi connectivity index (χ2v) is 5.23. The number of nitrogens with zero attached hydrogens (tertiary/aromatic N) is 1. The van der Waals surface area contributed by atoms with Crippen molar-refractivity contribution in [2.45, 2.75) is 0 Å². The Morgan fingerprint density at radius 2 is 1.73 bits per heavy atom. The second kappa shape index (κ2) is 7.64. The van der Waals surface area contributed by atoms with E-state index < -0.39 is 5.91 Å². The Morgan fingerprint density at radius 3 is 2.38 bits per heavy atom. The Hall–Kier alpha value is -3.42. The molecule has 0 spiro atoms. The van der Waals surface area contributed by atoms with Gasteiger partial charge in [-0.3, -0.25) is 4.79 Å². The Labute approximate surface area is 150 Å². The van der Waals surface area contributed by atoms with Crippen LogP contribution in [-0.4, -0.2) is 40.2 Å². The maximum Gasteiger partial charge on any atom is 0.271 e.